The highest BCUT2D eigenvalue weighted by Gasteiger charge is 2.19. The summed E-state index contributed by atoms with van der Waals surface area (Å²) in [5, 5.41) is 10.6. The second kappa shape index (κ2) is 10.3. The average Bonchev–Trinajstić information content (AvgIpc) is 3.21. The Hall–Kier alpha value is -2.60. The van der Waals surface area contributed by atoms with Crippen LogP contribution in [0.3, 0.4) is 0 Å². The van der Waals surface area contributed by atoms with Crippen LogP contribution in [0.2, 0.25) is 0 Å². The van der Waals surface area contributed by atoms with Crippen molar-refractivity contribution in [1.82, 2.24) is 20.5 Å². The maximum Gasteiger partial charge on any atom is 0.233 e. The second-order valence-electron chi connectivity index (χ2n) is 7.21. The molecular weight excluding hydrogens is 380 g/mol. The quantitative estimate of drug-likeness (QED) is 0.506. The number of rotatable bonds is 9. The van der Waals surface area contributed by atoms with E-state index >= 15 is 0 Å². The van der Waals surface area contributed by atoms with Gasteiger partial charge in [-0.15, -0.1) is 5.10 Å². The molecule has 0 spiro atoms. The molecule has 2 atom stereocenters. The summed E-state index contributed by atoms with van der Waals surface area (Å²) in [5.74, 6) is 0.730. The standard InChI is InChI=1S/C23H28N4OS/c1-4-18-12-14-20(15-13-18)21-25-23(27-26-21)29-17(3)22(28)24-16(2)10-11-19-8-6-5-7-9-19/h5-9,12-17H,4,10-11H2,1-3H3,(H,24,28)(H,25,26,27)/t16-,17+/m0/s1. The Morgan fingerprint density at radius 2 is 1.79 bits per heavy atom. The fraction of sp³-hybridized carbons (Fsp3) is 0.348. The van der Waals surface area contributed by atoms with Gasteiger partial charge in [0.1, 0.15) is 0 Å². The molecule has 2 aromatic carbocycles. The first-order chi connectivity index (χ1) is 14.0. The van der Waals surface area contributed by atoms with Crippen molar-refractivity contribution >= 4 is 17.7 Å². The van der Waals surface area contributed by atoms with Gasteiger partial charge in [-0.25, -0.2) is 4.98 Å². The Morgan fingerprint density at radius 3 is 2.48 bits per heavy atom. The molecule has 0 aliphatic carbocycles. The van der Waals surface area contributed by atoms with E-state index in [-0.39, 0.29) is 17.2 Å². The third-order valence-corrected chi connectivity index (χ3v) is 5.81. The van der Waals surface area contributed by atoms with Crippen LogP contribution in [0.15, 0.2) is 59.8 Å². The van der Waals surface area contributed by atoms with Crippen LogP contribution >= 0.6 is 11.8 Å². The van der Waals surface area contributed by atoms with Gasteiger partial charge >= 0.3 is 0 Å². The van der Waals surface area contributed by atoms with Crippen LogP contribution in [-0.4, -0.2) is 32.4 Å². The third kappa shape index (κ3) is 6.19. The topological polar surface area (TPSA) is 70.7 Å². The minimum atomic E-state index is -0.264. The lowest BCUT2D eigenvalue weighted by Gasteiger charge is -2.16. The Kier molecular flexibility index (Phi) is 7.47. The minimum absolute atomic E-state index is 0.00853. The molecule has 5 nitrogen and oxygen atoms in total. The fourth-order valence-electron chi connectivity index (χ4n) is 3.00. The predicted molar refractivity (Wildman–Crippen MR) is 119 cm³/mol. The summed E-state index contributed by atoms with van der Waals surface area (Å²) in [7, 11) is 0. The van der Waals surface area contributed by atoms with E-state index in [0.29, 0.717) is 5.16 Å². The Labute approximate surface area is 176 Å². The number of hydrogen-bond acceptors (Lipinski definition) is 4. The van der Waals surface area contributed by atoms with E-state index in [0.717, 1.165) is 30.7 Å². The maximum absolute atomic E-state index is 12.5. The van der Waals surface area contributed by atoms with Crippen LogP contribution in [0.5, 0.6) is 0 Å². The van der Waals surface area contributed by atoms with E-state index in [2.05, 4.69) is 51.7 Å². The van der Waals surface area contributed by atoms with Crippen molar-refractivity contribution in [2.24, 2.45) is 0 Å². The number of aromatic amines is 1. The third-order valence-electron chi connectivity index (χ3n) is 4.85. The maximum atomic E-state index is 12.5. The van der Waals surface area contributed by atoms with Crippen molar-refractivity contribution in [1.29, 1.82) is 0 Å². The van der Waals surface area contributed by atoms with Crippen molar-refractivity contribution in [3.8, 4) is 11.4 Å². The van der Waals surface area contributed by atoms with Crippen LogP contribution < -0.4 is 5.32 Å². The van der Waals surface area contributed by atoms with Gasteiger partial charge in [0.2, 0.25) is 11.1 Å². The molecule has 1 amide bonds. The summed E-state index contributed by atoms with van der Waals surface area (Å²) in [4.78, 5) is 17.0. The van der Waals surface area contributed by atoms with E-state index in [1.807, 2.05) is 44.2 Å². The molecule has 0 aliphatic heterocycles. The largest absolute Gasteiger partial charge is 0.353 e. The number of carbonyl (C=O) groups excluding carboxylic acids is 1. The van der Waals surface area contributed by atoms with Crippen molar-refractivity contribution in [2.75, 3.05) is 0 Å². The molecule has 3 rings (SSSR count). The number of H-pyrrole nitrogens is 1. The highest BCUT2D eigenvalue weighted by Crippen LogP contribution is 2.23. The summed E-state index contributed by atoms with van der Waals surface area (Å²) < 4.78 is 0. The number of aromatic nitrogens is 3. The first kappa shape index (κ1) is 21.1. The molecule has 0 radical (unpaired) electrons. The Balaban J connectivity index is 1.49. The molecule has 152 valence electrons. The number of nitrogens with one attached hydrogen (secondary N) is 2. The van der Waals surface area contributed by atoms with E-state index in [1.54, 1.807) is 0 Å². The highest BCUT2D eigenvalue weighted by atomic mass is 32.2. The molecule has 1 aromatic heterocycles. The number of amides is 1. The molecule has 0 bridgehead atoms. The lowest BCUT2D eigenvalue weighted by molar-refractivity contribution is -0.120. The normalized spacial score (nSPS) is 13.1. The van der Waals surface area contributed by atoms with Gasteiger partial charge in [-0.05, 0) is 44.2 Å². The van der Waals surface area contributed by atoms with Gasteiger partial charge < -0.3 is 5.32 Å². The van der Waals surface area contributed by atoms with Gasteiger partial charge in [-0.2, -0.15) is 0 Å². The van der Waals surface area contributed by atoms with Gasteiger partial charge in [-0.3, -0.25) is 9.89 Å². The average molecular weight is 409 g/mol. The first-order valence-electron chi connectivity index (χ1n) is 10.1. The summed E-state index contributed by atoms with van der Waals surface area (Å²) in [5.41, 5.74) is 3.57. The van der Waals surface area contributed by atoms with E-state index < -0.39 is 0 Å². The zero-order valence-corrected chi connectivity index (χ0v) is 18.0. The van der Waals surface area contributed by atoms with Crippen LogP contribution in [0.4, 0.5) is 0 Å². The van der Waals surface area contributed by atoms with Crippen LogP contribution in [0.1, 0.15) is 38.3 Å². The van der Waals surface area contributed by atoms with Crippen LogP contribution in [0.25, 0.3) is 11.4 Å². The highest BCUT2D eigenvalue weighted by molar-refractivity contribution is 8.00. The predicted octanol–water partition coefficient (Wildman–Crippen LogP) is 4.65. The fourth-order valence-corrected chi connectivity index (χ4v) is 3.73. The molecule has 0 aliphatic rings. The molecular formula is C23H28N4OS. The zero-order chi connectivity index (χ0) is 20.6. The van der Waals surface area contributed by atoms with Gasteiger partial charge in [0, 0.05) is 11.6 Å². The molecule has 2 N–H and O–H groups in total. The SMILES string of the molecule is CCc1ccc(-c2nc(S[C@H](C)C(=O)N[C@@H](C)CCc3ccccc3)n[nH]2)cc1. The monoisotopic (exact) mass is 408 g/mol. The first-order valence-corrected chi connectivity index (χ1v) is 11.0. The molecule has 0 saturated carbocycles. The lowest BCUT2D eigenvalue weighted by atomic mass is 10.1. The van der Waals surface area contributed by atoms with Gasteiger partial charge in [0.15, 0.2) is 5.82 Å². The number of hydrogen-bond donors (Lipinski definition) is 2. The molecule has 0 saturated heterocycles. The van der Waals surface area contributed by atoms with Gasteiger partial charge in [0.05, 0.1) is 5.25 Å². The lowest BCUT2D eigenvalue weighted by Crippen LogP contribution is -2.37. The van der Waals surface area contributed by atoms with Crippen molar-refractivity contribution in [2.45, 2.75) is 56.5 Å². The van der Waals surface area contributed by atoms with Crippen LogP contribution in [-0.2, 0) is 17.6 Å². The molecule has 0 unspecified atom stereocenters. The molecule has 3 aromatic rings. The molecule has 1 heterocycles. The van der Waals surface area contributed by atoms with Crippen molar-refractivity contribution < 1.29 is 4.79 Å². The summed E-state index contributed by atoms with van der Waals surface area (Å²) >= 11 is 1.37. The van der Waals surface area contributed by atoms with Crippen LogP contribution in [0, 0.1) is 0 Å². The number of thioether (sulfide) groups is 1. The number of carbonyl (C=O) groups is 1. The number of benzene rings is 2. The zero-order valence-electron chi connectivity index (χ0n) is 17.2. The molecule has 29 heavy (non-hydrogen) atoms. The van der Waals surface area contributed by atoms with Gasteiger partial charge in [0.25, 0.3) is 0 Å². The number of nitrogens with zero attached hydrogens (tertiary/aromatic N) is 2. The van der Waals surface area contributed by atoms with E-state index in [1.165, 1.54) is 22.9 Å². The van der Waals surface area contributed by atoms with Crippen molar-refractivity contribution in [3.05, 3.63) is 65.7 Å². The smallest absolute Gasteiger partial charge is 0.233 e. The summed E-state index contributed by atoms with van der Waals surface area (Å²) in [6.45, 7) is 6.06. The van der Waals surface area contributed by atoms with E-state index in [9.17, 15) is 4.79 Å². The summed E-state index contributed by atoms with van der Waals surface area (Å²) in [6, 6.07) is 18.7. The Morgan fingerprint density at radius 1 is 1.07 bits per heavy atom. The Bertz CT molecular complexity index is 908. The second-order valence-corrected chi connectivity index (χ2v) is 8.52. The molecule has 6 heteroatoms. The summed E-state index contributed by atoms with van der Waals surface area (Å²) in [6.07, 6.45) is 2.87. The van der Waals surface area contributed by atoms with E-state index in [4.69, 9.17) is 0 Å². The number of aryl methyl sites for hydroxylation is 2. The van der Waals surface area contributed by atoms with Gasteiger partial charge in [-0.1, -0.05) is 73.3 Å². The molecule has 0 fully saturated rings. The minimum Gasteiger partial charge on any atom is -0.353 e. The van der Waals surface area contributed by atoms with Crippen molar-refractivity contribution in [3.63, 3.8) is 0 Å².